The van der Waals surface area contributed by atoms with E-state index in [9.17, 15) is 18.0 Å². The van der Waals surface area contributed by atoms with Crippen LogP contribution in [0.3, 0.4) is 0 Å². The first-order valence-electron chi connectivity index (χ1n) is 5.18. The third kappa shape index (κ3) is 2.70. The van der Waals surface area contributed by atoms with E-state index in [0.717, 1.165) is 4.31 Å². The number of nitrogens with zero attached hydrogens (tertiary/aromatic N) is 1. The van der Waals surface area contributed by atoms with Crippen LogP contribution in [0.1, 0.15) is 0 Å². The molecule has 102 valence electrons. The van der Waals surface area contributed by atoms with Crippen LogP contribution in [0.2, 0.25) is 5.02 Å². The number of hydrogen-bond donors (Lipinski definition) is 2. The van der Waals surface area contributed by atoms with Crippen LogP contribution < -0.4 is 11.1 Å². The average Bonchev–Trinajstić information content (AvgIpc) is 2.31. The van der Waals surface area contributed by atoms with Crippen molar-refractivity contribution >= 4 is 39.1 Å². The number of piperazine rings is 1. The zero-order valence-corrected chi connectivity index (χ0v) is 11.2. The van der Waals surface area contributed by atoms with E-state index < -0.39 is 34.9 Å². The smallest absolute Gasteiger partial charge is 0.244 e. The maximum Gasteiger partial charge on any atom is 0.244 e. The molecule has 2 rings (SSSR count). The van der Waals surface area contributed by atoms with Crippen LogP contribution in [0, 0.1) is 0 Å². The summed E-state index contributed by atoms with van der Waals surface area (Å²) in [6.07, 6.45) is 0. The van der Waals surface area contributed by atoms with E-state index in [0.29, 0.717) is 0 Å². The molecule has 1 aliphatic rings. The van der Waals surface area contributed by atoms with Gasteiger partial charge in [0.25, 0.3) is 0 Å². The number of hydrogen-bond acceptors (Lipinski definition) is 5. The molecule has 0 atom stereocenters. The van der Waals surface area contributed by atoms with Gasteiger partial charge in [-0.2, -0.15) is 4.31 Å². The maximum absolute atomic E-state index is 12.2. The highest BCUT2D eigenvalue weighted by molar-refractivity contribution is 7.89. The van der Waals surface area contributed by atoms with Crippen molar-refractivity contribution in [2.75, 3.05) is 18.8 Å². The molecule has 1 aromatic carbocycles. The van der Waals surface area contributed by atoms with Gasteiger partial charge in [-0.25, -0.2) is 8.42 Å². The van der Waals surface area contributed by atoms with E-state index in [2.05, 4.69) is 0 Å². The SMILES string of the molecule is Nc1cc(S(=O)(=O)N2CC(=O)NC(=O)C2)ccc1Cl. The van der Waals surface area contributed by atoms with Crippen LogP contribution in [0.5, 0.6) is 0 Å². The van der Waals surface area contributed by atoms with Crippen molar-refractivity contribution in [3.8, 4) is 0 Å². The zero-order valence-electron chi connectivity index (χ0n) is 9.59. The first-order valence-corrected chi connectivity index (χ1v) is 7.00. The van der Waals surface area contributed by atoms with Crippen LogP contribution in [0.25, 0.3) is 0 Å². The molecule has 9 heteroatoms. The van der Waals surface area contributed by atoms with Crippen LogP contribution in [0.4, 0.5) is 5.69 Å². The topological polar surface area (TPSA) is 110 Å². The Labute approximate surface area is 114 Å². The van der Waals surface area contributed by atoms with Gasteiger partial charge in [0.2, 0.25) is 21.8 Å². The normalized spacial score (nSPS) is 17.3. The fourth-order valence-electron chi connectivity index (χ4n) is 1.61. The van der Waals surface area contributed by atoms with Crippen molar-refractivity contribution in [3.63, 3.8) is 0 Å². The first kappa shape index (κ1) is 13.8. The fraction of sp³-hybridized carbons (Fsp3) is 0.200. The number of nitrogens with two attached hydrogens (primary N) is 1. The number of anilines is 1. The van der Waals surface area contributed by atoms with E-state index in [4.69, 9.17) is 17.3 Å². The van der Waals surface area contributed by atoms with Crippen molar-refractivity contribution in [2.24, 2.45) is 0 Å². The Morgan fingerprint density at radius 1 is 1.21 bits per heavy atom. The quantitative estimate of drug-likeness (QED) is 0.569. The molecule has 1 aliphatic heterocycles. The monoisotopic (exact) mass is 303 g/mol. The summed E-state index contributed by atoms with van der Waals surface area (Å²) in [5, 5.41) is 2.25. The minimum Gasteiger partial charge on any atom is -0.397 e. The zero-order chi connectivity index (χ0) is 14.2. The van der Waals surface area contributed by atoms with Gasteiger partial charge in [-0.1, -0.05) is 11.6 Å². The summed E-state index contributed by atoms with van der Waals surface area (Å²) in [4.78, 5) is 22.3. The van der Waals surface area contributed by atoms with Gasteiger partial charge in [0.05, 0.1) is 28.7 Å². The summed E-state index contributed by atoms with van der Waals surface area (Å²) in [5.74, 6) is -1.33. The molecular formula is C10H10ClN3O4S. The molecular weight excluding hydrogens is 294 g/mol. The Morgan fingerprint density at radius 2 is 1.79 bits per heavy atom. The molecule has 19 heavy (non-hydrogen) atoms. The molecule has 1 fully saturated rings. The van der Waals surface area contributed by atoms with Crippen LogP contribution in [0.15, 0.2) is 23.1 Å². The number of sulfonamides is 1. The van der Waals surface area contributed by atoms with E-state index in [1.165, 1.54) is 18.2 Å². The Hall–Kier alpha value is -1.64. The Kier molecular flexibility index (Phi) is 3.48. The number of nitrogens with one attached hydrogen (secondary N) is 1. The van der Waals surface area contributed by atoms with E-state index in [-0.39, 0.29) is 15.6 Å². The van der Waals surface area contributed by atoms with Gasteiger partial charge in [0, 0.05) is 0 Å². The third-order valence-electron chi connectivity index (χ3n) is 2.52. The number of rotatable bonds is 2. The third-order valence-corrected chi connectivity index (χ3v) is 4.66. The van der Waals surface area contributed by atoms with Gasteiger partial charge in [0.1, 0.15) is 0 Å². The second-order valence-corrected chi connectivity index (χ2v) is 6.27. The highest BCUT2D eigenvalue weighted by Crippen LogP contribution is 2.24. The largest absolute Gasteiger partial charge is 0.397 e. The lowest BCUT2D eigenvalue weighted by Crippen LogP contribution is -2.53. The fourth-order valence-corrected chi connectivity index (χ4v) is 3.12. The van der Waals surface area contributed by atoms with Gasteiger partial charge in [-0.15, -0.1) is 0 Å². The summed E-state index contributed by atoms with van der Waals surface area (Å²) in [6.45, 7) is -0.812. The van der Waals surface area contributed by atoms with Crippen molar-refractivity contribution in [2.45, 2.75) is 4.90 Å². The lowest BCUT2D eigenvalue weighted by atomic mass is 10.3. The minimum atomic E-state index is -3.95. The molecule has 0 aliphatic carbocycles. The van der Waals surface area contributed by atoms with Crippen molar-refractivity contribution in [1.29, 1.82) is 0 Å². The summed E-state index contributed by atoms with van der Waals surface area (Å²) in [7, 11) is -3.95. The summed E-state index contributed by atoms with van der Waals surface area (Å²) in [6, 6.07) is 3.80. The number of amides is 2. The number of imide groups is 1. The first-order chi connectivity index (χ1) is 8.80. The van der Waals surface area contributed by atoms with Gasteiger partial charge < -0.3 is 5.73 Å². The lowest BCUT2D eigenvalue weighted by Gasteiger charge is -2.24. The van der Waals surface area contributed by atoms with Crippen LogP contribution in [-0.2, 0) is 19.6 Å². The number of nitrogen functional groups attached to an aromatic ring is 1. The average molecular weight is 304 g/mol. The Morgan fingerprint density at radius 3 is 2.32 bits per heavy atom. The van der Waals surface area contributed by atoms with E-state index in [1.54, 1.807) is 0 Å². The standard InChI is InChI=1S/C10H10ClN3O4S/c11-7-2-1-6(3-8(7)12)19(17,18)14-4-9(15)13-10(16)5-14/h1-3H,4-5,12H2,(H,13,15,16). The summed E-state index contributed by atoms with van der Waals surface area (Å²) in [5.41, 5.74) is 5.65. The molecule has 0 spiro atoms. The van der Waals surface area contributed by atoms with Crippen LogP contribution in [-0.4, -0.2) is 37.6 Å². The molecule has 1 saturated heterocycles. The van der Waals surface area contributed by atoms with Gasteiger partial charge in [-0.05, 0) is 18.2 Å². The number of benzene rings is 1. The molecule has 0 radical (unpaired) electrons. The number of carbonyl (C=O) groups is 2. The predicted octanol–water partition coefficient (Wildman–Crippen LogP) is -0.431. The molecule has 7 nitrogen and oxygen atoms in total. The van der Waals surface area contributed by atoms with Gasteiger partial charge >= 0.3 is 0 Å². The molecule has 0 aromatic heterocycles. The molecule has 0 bridgehead atoms. The highest BCUT2D eigenvalue weighted by Gasteiger charge is 2.33. The second kappa shape index (κ2) is 4.80. The lowest BCUT2D eigenvalue weighted by molar-refractivity contribution is -0.134. The summed E-state index contributed by atoms with van der Waals surface area (Å²) < 4.78 is 25.3. The van der Waals surface area contributed by atoms with Crippen LogP contribution >= 0.6 is 11.6 Å². The molecule has 1 heterocycles. The second-order valence-electron chi connectivity index (χ2n) is 3.93. The van der Waals surface area contributed by atoms with Crippen molar-refractivity contribution in [1.82, 2.24) is 9.62 Å². The molecule has 0 saturated carbocycles. The Balaban J connectivity index is 2.39. The van der Waals surface area contributed by atoms with E-state index >= 15 is 0 Å². The highest BCUT2D eigenvalue weighted by atomic mass is 35.5. The maximum atomic E-state index is 12.2. The van der Waals surface area contributed by atoms with Gasteiger partial charge in [0.15, 0.2) is 0 Å². The number of carbonyl (C=O) groups excluding carboxylic acids is 2. The molecule has 2 amide bonds. The molecule has 1 aromatic rings. The van der Waals surface area contributed by atoms with Crippen molar-refractivity contribution in [3.05, 3.63) is 23.2 Å². The van der Waals surface area contributed by atoms with Gasteiger partial charge in [-0.3, -0.25) is 14.9 Å². The van der Waals surface area contributed by atoms with Crippen molar-refractivity contribution < 1.29 is 18.0 Å². The van der Waals surface area contributed by atoms with E-state index in [1.807, 2.05) is 5.32 Å². The Bertz CT molecular complexity index is 643. The minimum absolute atomic E-state index is 0.107. The summed E-state index contributed by atoms with van der Waals surface area (Å²) >= 11 is 5.71. The number of halogens is 1. The predicted molar refractivity (Wildman–Crippen MR) is 67.8 cm³/mol. The molecule has 3 N–H and O–H groups in total. The molecule has 0 unspecified atom stereocenters.